The number of carbonyl (C=O) groups is 1. The van der Waals surface area contributed by atoms with Crippen molar-refractivity contribution in [1.82, 2.24) is 15.2 Å². The molecule has 0 radical (unpaired) electrons. The zero-order chi connectivity index (χ0) is 14.7. The van der Waals surface area contributed by atoms with Crippen LogP contribution in [0.15, 0.2) is 36.0 Å². The number of carbonyl (C=O) groups excluding carboxylic acids is 1. The van der Waals surface area contributed by atoms with Gasteiger partial charge in [-0.3, -0.25) is 9.78 Å². The summed E-state index contributed by atoms with van der Waals surface area (Å²) < 4.78 is 5.19. The molecule has 0 bridgehead atoms. The number of nitrogens with zero attached hydrogens (tertiary/aromatic N) is 2. The first-order chi connectivity index (χ1) is 10.3. The van der Waals surface area contributed by atoms with Gasteiger partial charge in [-0.15, -0.1) is 11.3 Å². The van der Waals surface area contributed by atoms with Crippen LogP contribution in [0.2, 0.25) is 0 Å². The summed E-state index contributed by atoms with van der Waals surface area (Å²) in [6, 6.07) is 7.94. The van der Waals surface area contributed by atoms with E-state index >= 15 is 0 Å². The number of piperazine rings is 1. The normalized spacial score (nSPS) is 18.5. The van der Waals surface area contributed by atoms with Gasteiger partial charge in [-0.2, -0.15) is 0 Å². The minimum Gasteiger partial charge on any atom is -0.497 e. The molecule has 1 aromatic carbocycles. The van der Waals surface area contributed by atoms with Gasteiger partial charge < -0.3 is 15.0 Å². The van der Waals surface area contributed by atoms with E-state index < -0.39 is 0 Å². The van der Waals surface area contributed by atoms with E-state index in [-0.39, 0.29) is 11.9 Å². The first-order valence-electron chi connectivity index (χ1n) is 6.83. The van der Waals surface area contributed by atoms with Crippen LogP contribution in [0, 0.1) is 0 Å². The van der Waals surface area contributed by atoms with E-state index in [1.807, 2.05) is 29.2 Å². The molecule has 1 amide bonds. The molecule has 2 aromatic rings. The first kappa shape index (κ1) is 14.0. The molecule has 1 saturated heterocycles. The van der Waals surface area contributed by atoms with Crippen LogP contribution in [0.4, 0.5) is 0 Å². The Labute approximate surface area is 127 Å². The number of benzene rings is 1. The minimum atomic E-state index is 0.0410. The molecule has 110 valence electrons. The first-order valence-corrected chi connectivity index (χ1v) is 7.71. The number of amides is 1. The maximum Gasteiger partial charge on any atom is 0.266 e. The summed E-state index contributed by atoms with van der Waals surface area (Å²) >= 11 is 1.39. The van der Waals surface area contributed by atoms with Crippen LogP contribution < -0.4 is 10.1 Å². The molecule has 0 spiro atoms. The van der Waals surface area contributed by atoms with Crippen molar-refractivity contribution in [2.45, 2.75) is 6.04 Å². The molecule has 1 aromatic heterocycles. The Balaban J connectivity index is 1.85. The average molecular weight is 303 g/mol. The Morgan fingerprint density at radius 3 is 2.90 bits per heavy atom. The van der Waals surface area contributed by atoms with Gasteiger partial charge in [0.15, 0.2) is 0 Å². The topological polar surface area (TPSA) is 54.5 Å². The second-order valence-electron chi connectivity index (χ2n) is 4.86. The lowest BCUT2D eigenvalue weighted by molar-refractivity contribution is 0.0639. The molecule has 1 N–H and O–H groups in total. The van der Waals surface area contributed by atoms with Gasteiger partial charge in [0.2, 0.25) is 0 Å². The third kappa shape index (κ3) is 2.91. The number of thiazole rings is 1. The molecular formula is C15H17N3O2S. The van der Waals surface area contributed by atoms with Crippen molar-refractivity contribution in [3.8, 4) is 5.75 Å². The van der Waals surface area contributed by atoms with Crippen molar-refractivity contribution >= 4 is 17.2 Å². The fourth-order valence-corrected chi connectivity index (χ4v) is 3.11. The van der Waals surface area contributed by atoms with Crippen molar-refractivity contribution < 1.29 is 9.53 Å². The Morgan fingerprint density at radius 2 is 2.24 bits per heavy atom. The van der Waals surface area contributed by atoms with Gasteiger partial charge in [0, 0.05) is 19.6 Å². The molecule has 1 fully saturated rings. The summed E-state index contributed by atoms with van der Waals surface area (Å²) in [5, 5.41) is 3.35. The molecule has 0 unspecified atom stereocenters. The minimum absolute atomic E-state index is 0.0410. The van der Waals surface area contributed by atoms with Gasteiger partial charge in [0.25, 0.3) is 5.91 Å². The van der Waals surface area contributed by atoms with E-state index in [1.165, 1.54) is 11.3 Å². The highest BCUT2D eigenvalue weighted by Crippen LogP contribution is 2.26. The van der Waals surface area contributed by atoms with Crippen LogP contribution in [0.1, 0.15) is 21.3 Å². The molecule has 3 rings (SSSR count). The van der Waals surface area contributed by atoms with E-state index in [2.05, 4.69) is 10.3 Å². The molecule has 1 aliphatic heterocycles. The van der Waals surface area contributed by atoms with Gasteiger partial charge in [0.05, 0.1) is 24.9 Å². The van der Waals surface area contributed by atoms with Crippen molar-refractivity contribution in [1.29, 1.82) is 0 Å². The fraction of sp³-hybridized carbons (Fsp3) is 0.333. The summed E-state index contributed by atoms with van der Waals surface area (Å²) in [5.41, 5.74) is 2.80. The molecule has 6 heteroatoms. The zero-order valence-electron chi connectivity index (χ0n) is 11.8. The van der Waals surface area contributed by atoms with Crippen molar-refractivity contribution in [2.24, 2.45) is 0 Å². The standard InChI is InChI=1S/C15H17N3O2S/c1-20-12-4-2-11(3-5-12)13-8-16-6-7-18(13)15(19)14-9-17-10-21-14/h2-5,9-10,13,16H,6-8H2,1H3/t13-/m1/s1. The number of nitrogens with one attached hydrogen (secondary N) is 1. The Hall–Kier alpha value is -1.92. The van der Waals surface area contributed by atoms with E-state index in [4.69, 9.17) is 4.74 Å². The van der Waals surface area contributed by atoms with Crippen LogP contribution in [-0.4, -0.2) is 42.5 Å². The third-order valence-corrected chi connectivity index (χ3v) is 4.41. The summed E-state index contributed by atoms with van der Waals surface area (Å²) in [4.78, 5) is 19.2. The monoisotopic (exact) mass is 303 g/mol. The lowest BCUT2D eigenvalue weighted by Gasteiger charge is -2.36. The van der Waals surface area contributed by atoms with Gasteiger partial charge >= 0.3 is 0 Å². The molecule has 0 saturated carbocycles. The van der Waals surface area contributed by atoms with Crippen molar-refractivity contribution in [3.63, 3.8) is 0 Å². The molecule has 21 heavy (non-hydrogen) atoms. The van der Waals surface area contributed by atoms with Crippen LogP contribution in [0.3, 0.4) is 0 Å². The number of aromatic nitrogens is 1. The fourth-order valence-electron chi connectivity index (χ4n) is 2.53. The number of hydrogen-bond donors (Lipinski definition) is 1. The smallest absolute Gasteiger partial charge is 0.266 e. The molecule has 1 atom stereocenters. The van der Waals surface area contributed by atoms with Crippen LogP contribution in [-0.2, 0) is 0 Å². The highest BCUT2D eigenvalue weighted by molar-refractivity contribution is 7.11. The zero-order valence-corrected chi connectivity index (χ0v) is 12.6. The second-order valence-corrected chi connectivity index (χ2v) is 5.74. The van der Waals surface area contributed by atoms with Gasteiger partial charge in [-0.05, 0) is 17.7 Å². The predicted molar refractivity (Wildman–Crippen MR) is 81.8 cm³/mol. The molecule has 1 aliphatic rings. The van der Waals surface area contributed by atoms with E-state index in [0.717, 1.165) is 24.4 Å². The lowest BCUT2D eigenvalue weighted by Crippen LogP contribution is -2.48. The maximum atomic E-state index is 12.6. The maximum absolute atomic E-state index is 12.6. The van der Waals surface area contributed by atoms with Crippen molar-refractivity contribution in [2.75, 3.05) is 26.7 Å². The molecule has 0 aliphatic carbocycles. The Kier molecular flexibility index (Phi) is 4.17. The molecular weight excluding hydrogens is 286 g/mol. The largest absolute Gasteiger partial charge is 0.497 e. The summed E-state index contributed by atoms with van der Waals surface area (Å²) in [6.45, 7) is 2.28. The van der Waals surface area contributed by atoms with Crippen LogP contribution in [0.25, 0.3) is 0 Å². The van der Waals surface area contributed by atoms with Crippen LogP contribution >= 0.6 is 11.3 Å². The average Bonchev–Trinajstić information content (AvgIpc) is 3.09. The lowest BCUT2D eigenvalue weighted by atomic mass is 10.0. The van der Waals surface area contributed by atoms with Crippen LogP contribution in [0.5, 0.6) is 5.75 Å². The molecule has 5 nitrogen and oxygen atoms in total. The number of rotatable bonds is 3. The number of methoxy groups -OCH3 is 1. The van der Waals surface area contributed by atoms with Gasteiger partial charge in [-0.25, -0.2) is 0 Å². The highest BCUT2D eigenvalue weighted by atomic mass is 32.1. The van der Waals surface area contributed by atoms with Gasteiger partial charge in [0.1, 0.15) is 10.6 Å². The van der Waals surface area contributed by atoms with E-state index in [9.17, 15) is 4.79 Å². The quantitative estimate of drug-likeness (QED) is 0.941. The summed E-state index contributed by atoms with van der Waals surface area (Å²) in [5.74, 6) is 0.877. The number of hydrogen-bond acceptors (Lipinski definition) is 5. The SMILES string of the molecule is COc1ccc([C@H]2CNCCN2C(=O)c2cncs2)cc1. The predicted octanol–water partition coefficient (Wildman–Crippen LogP) is 1.94. The highest BCUT2D eigenvalue weighted by Gasteiger charge is 2.29. The summed E-state index contributed by atoms with van der Waals surface area (Å²) in [7, 11) is 1.65. The number of ether oxygens (including phenoxy) is 1. The Bertz CT molecular complexity index is 598. The third-order valence-electron chi connectivity index (χ3n) is 3.65. The van der Waals surface area contributed by atoms with Crippen molar-refractivity contribution in [3.05, 3.63) is 46.4 Å². The van der Waals surface area contributed by atoms with Gasteiger partial charge in [-0.1, -0.05) is 12.1 Å². The summed E-state index contributed by atoms with van der Waals surface area (Å²) in [6.07, 6.45) is 1.64. The second kappa shape index (κ2) is 6.24. The van der Waals surface area contributed by atoms with E-state index in [0.29, 0.717) is 11.4 Å². The van der Waals surface area contributed by atoms with E-state index in [1.54, 1.807) is 18.8 Å². The Morgan fingerprint density at radius 1 is 1.43 bits per heavy atom. The molecule has 2 heterocycles.